The van der Waals surface area contributed by atoms with Crippen molar-refractivity contribution in [2.45, 2.75) is 199 Å². The molecular formula is C36H68O9. The third-order valence-electron chi connectivity index (χ3n) is 8.07. The first kappa shape index (κ1) is 43.3. The molecule has 0 heterocycles. The topological polar surface area (TPSA) is 140 Å². The first-order valence-corrected chi connectivity index (χ1v) is 18.3. The van der Waals surface area contributed by atoms with E-state index in [2.05, 4.69) is 20.8 Å². The molecule has 0 amide bonds. The van der Waals surface area contributed by atoms with Gasteiger partial charge in [0.2, 0.25) is 0 Å². The molecule has 9 nitrogen and oxygen atoms in total. The van der Waals surface area contributed by atoms with E-state index >= 15 is 0 Å². The van der Waals surface area contributed by atoms with E-state index in [9.17, 15) is 29.7 Å². The minimum Gasteiger partial charge on any atom is -0.462 e. The largest absolute Gasteiger partial charge is 0.462 e. The van der Waals surface area contributed by atoms with Gasteiger partial charge in [-0.15, -0.1) is 0 Å². The second-order valence-corrected chi connectivity index (χ2v) is 12.7. The normalized spacial score (nSPS) is 14.0. The molecule has 0 bridgehead atoms. The zero-order chi connectivity index (χ0) is 33.5. The Balaban J connectivity index is 4.50. The molecule has 0 saturated heterocycles. The van der Waals surface area contributed by atoms with Gasteiger partial charge < -0.3 is 29.5 Å². The lowest BCUT2D eigenvalue weighted by Gasteiger charge is -2.18. The number of ether oxygens (including phenoxy) is 3. The standard InChI is InChI=1S/C36H68O9/c1-4-7-20-31(38)23-14-11-17-26-35(41)44-29-33(45-36(42)27-18-12-15-24-32(39)21-8-5-2)28-43-34(40)25-16-10-9-13-22-30(37)19-6-3/h30-33,37-39H,4-29H2,1-3H3. The number of unbranched alkanes of at least 4 members (excludes halogenated alkanes) is 9. The number of carbonyl (C=O) groups excluding carboxylic acids is 3. The SMILES string of the molecule is CCCCC(O)CCCCCC(=O)OCC(COC(=O)CCCCCCC(O)CCC)OC(=O)CCCCCC(O)CCCC. The van der Waals surface area contributed by atoms with Crippen LogP contribution in [-0.2, 0) is 28.6 Å². The highest BCUT2D eigenvalue weighted by Gasteiger charge is 2.19. The van der Waals surface area contributed by atoms with E-state index in [-0.39, 0.29) is 62.7 Å². The highest BCUT2D eigenvalue weighted by atomic mass is 16.6. The summed E-state index contributed by atoms with van der Waals surface area (Å²) in [6.45, 7) is 5.92. The van der Waals surface area contributed by atoms with Crippen LogP contribution in [-0.4, -0.2) is 70.9 Å². The lowest BCUT2D eigenvalue weighted by molar-refractivity contribution is -0.167. The van der Waals surface area contributed by atoms with Crippen LogP contribution >= 0.6 is 0 Å². The number of carbonyl (C=O) groups is 3. The van der Waals surface area contributed by atoms with Gasteiger partial charge in [-0.2, -0.15) is 0 Å². The molecule has 0 rings (SSSR count). The lowest BCUT2D eigenvalue weighted by atomic mass is 10.0. The van der Waals surface area contributed by atoms with Crippen LogP contribution in [0.1, 0.15) is 175 Å². The molecule has 0 spiro atoms. The average Bonchev–Trinajstić information content (AvgIpc) is 3.01. The number of aliphatic hydroxyl groups excluding tert-OH is 3. The van der Waals surface area contributed by atoms with Gasteiger partial charge in [-0.3, -0.25) is 14.4 Å². The Morgan fingerprint density at radius 3 is 1.22 bits per heavy atom. The van der Waals surface area contributed by atoms with Crippen molar-refractivity contribution in [2.75, 3.05) is 13.2 Å². The fraction of sp³-hybridized carbons (Fsp3) is 0.917. The van der Waals surface area contributed by atoms with E-state index in [0.717, 1.165) is 116 Å². The third kappa shape index (κ3) is 29.4. The molecular weight excluding hydrogens is 576 g/mol. The third-order valence-corrected chi connectivity index (χ3v) is 8.07. The van der Waals surface area contributed by atoms with Gasteiger partial charge >= 0.3 is 17.9 Å². The van der Waals surface area contributed by atoms with Crippen molar-refractivity contribution in [3.63, 3.8) is 0 Å². The van der Waals surface area contributed by atoms with E-state index in [0.29, 0.717) is 19.3 Å². The summed E-state index contributed by atoms with van der Waals surface area (Å²) in [4.78, 5) is 37.2. The molecule has 0 aromatic rings. The number of hydrogen-bond acceptors (Lipinski definition) is 9. The summed E-state index contributed by atoms with van der Waals surface area (Å²) in [7, 11) is 0. The fourth-order valence-electron chi connectivity index (χ4n) is 5.18. The summed E-state index contributed by atoms with van der Waals surface area (Å²) in [5.41, 5.74) is 0. The lowest BCUT2D eigenvalue weighted by Crippen LogP contribution is -2.30. The van der Waals surface area contributed by atoms with Gasteiger partial charge in [0.1, 0.15) is 13.2 Å². The van der Waals surface area contributed by atoms with Crippen molar-refractivity contribution in [3.8, 4) is 0 Å². The second-order valence-electron chi connectivity index (χ2n) is 12.7. The fourth-order valence-corrected chi connectivity index (χ4v) is 5.18. The molecule has 0 aromatic heterocycles. The van der Waals surface area contributed by atoms with E-state index < -0.39 is 12.1 Å². The minimum atomic E-state index is -0.866. The van der Waals surface area contributed by atoms with Gasteiger partial charge in [0.15, 0.2) is 6.10 Å². The summed E-state index contributed by atoms with van der Waals surface area (Å²) < 4.78 is 16.3. The quantitative estimate of drug-likeness (QED) is 0.0386. The van der Waals surface area contributed by atoms with Crippen molar-refractivity contribution in [3.05, 3.63) is 0 Å². The first-order chi connectivity index (χ1) is 21.7. The molecule has 4 unspecified atom stereocenters. The Labute approximate surface area is 274 Å². The average molecular weight is 645 g/mol. The number of esters is 3. The first-order valence-electron chi connectivity index (χ1n) is 18.3. The van der Waals surface area contributed by atoms with Gasteiger partial charge in [0.05, 0.1) is 18.3 Å². The van der Waals surface area contributed by atoms with Crippen LogP contribution in [0.5, 0.6) is 0 Å². The maximum atomic E-state index is 12.5. The van der Waals surface area contributed by atoms with Crippen LogP contribution in [0.15, 0.2) is 0 Å². The van der Waals surface area contributed by atoms with Gasteiger partial charge in [0, 0.05) is 19.3 Å². The van der Waals surface area contributed by atoms with E-state index in [1.807, 2.05) is 0 Å². The van der Waals surface area contributed by atoms with Crippen LogP contribution in [0.4, 0.5) is 0 Å². The summed E-state index contributed by atoms with van der Waals surface area (Å²) in [6.07, 6.45) is 16.9. The second kappa shape index (κ2) is 30.9. The van der Waals surface area contributed by atoms with E-state index in [1.165, 1.54) is 0 Å². The zero-order valence-electron chi connectivity index (χ0n) is 29.0. The Bertz CT molecular complexity index is 715. The van der Waals surface area contributed by atoms with Gasteiger partial charge in [-0.1, -0.05) is 97.8 Å². The highest BCUT2D eigenvalue weighted by molar-refractivity contribution is 5.71. The number of aliphatic hydroxyl groups is 3. The molecule has 45 heavy (non-hydrogen) atoms. The van der Waals surface area contributed by atoms with Crippen molar-refractivity contribution < 1.29 is 43.9 Å². The summed E-state index contributed by atoms with van der Waals surface area (Å²) >= 11 is 0. The van der Waals surface area contributed by atoms with Gasteiger partial charge in [0.25, 0.3) is 0 Å². The van der Waals surface area contributed by atoms with Crippen LogP contribution in [0.3, 0.4) is 0 Å². The molecule has 3 N–H and O–H groups in total. The summed E-state index contributed by atoms with van der Waals surface area (Å²) in [5, 5.41) is 29.8. The molecule has 0 saturated carbocycles. The minimum absolute atomic E-state index is 0.166. The van der Waals surface area contributed by atoms with Crippen LogP contribution in [0.25, 0.3) is 0 Å². The van der Waals surface area contributed by atoms with Gasteiger partial charge in [-0.05, 0) is 57.8 Å². The number of rotatable bonds is 32. The smallest absolute Gasteiger partial charge is 0.306 e. The Morgan fingerprint density at radius 1 is 0.444 bits per heavy atom. The zero-order valence-corrected chi connectivity index (χ0v) is 29.0. The van der Waals surface area contributed by atoms with Crippen molar-refractivity contribution in [1.82, 2.24) is 0 Å². The molecule has 266 valence electrons. The Morgan fingerprint density at radius 2 is 0.800 bits per heavy atom. The monoisotopic (exact) mass is 644 g/mol. The molecule has 0 radical (unpaired) electrons. The molecule has 0 aliphatic heterocycles. The molecule has 0 aromatic carbocycles. The van der Waals surface area contributed by atoms with Crippen LogP contribution in [0, 0.1) is 0 Å². The van der Waals surface area contributed by atoms with Crippen molar-refractivity contribution >= 4 is 17.9 Å². The molecule has 0 aliphatic carbocycles. The maximum absolute atomic E-state index is 12.5. The van der Waals surface area contributed by atoms with E-state index in [1.54, 1.807) is 0 Å². The van der Waals surface area contributed by atoms with Crippen LogP contribution < -0.4 is 0 Å². The summed E-state index contributed by atoms with van der Waals surface area (Å²) in [5.74, 6) is -1.19. The van der Waals surface area contributed by atoms with Gasteiger partial charge in [-0.25, -0.2) is 0 Å². The Kier molecular flexibility index (Phi) is 29.7. The maximum Gasteiger partial charge on any atom is 0.306 e. The number of hydrogen-bond donors (Lipinski definition) is 3. The van der Waals surface area contributed by atoms with Crippen LogP contribution in [0.2, 0.25) is 0 Å². The molecule has 0 aliphatic rings. The van der Waals surface area contributed by atoms with E-state index in [4.69, 9.17) is 14.2 Å². The van der Waals surface area contributed by atoms with Crippen molar-refractivity contribution in [1.29, 1.82) is 0 Å². The molecule has 9 heteroatoms. The predicted molar refractivity (Wildman–Crippen MR) is 178 cm³/mol. The highest BCUT2D eigenvalue weighted by Crippen LogP contribution is 2.14. The molecule has 4 atom stereocenters. The Hall–Kier alpha value is -1.71. The predicted octanol–water partition coefficient (Wildman–Crippen LogP) is 7.49. The molecule has 0 fully saturated rings. The van der Waals surface area contributed by atoms with Crippen molar-refractivity contribution in [2.24, 2.45) is 0 Å². The summed E-state index contributed by atoms with van der Waals surface area (Å²) in [6, 6.07) is 0.